The summed E-state index contributed by atoms with van der Waals surface area (Å²) in [6, 6.07) is 7.95. The van der Waals surface area contributed by atoms with E-state index < -0.39 is 6.10 Å². The van der Waals surface area contributed by atoms with Crippen LogP contribution < -0.4 is 0 Å². The fraction of sp³-hybridized carbons (Fsp3) is 0.533. The molecule has 1 unspecified atom stereocenters. The van der Waals surface area contributed by atoms with E-state index in [0.29, 0.717) is 25.7 Å². The predicted octanol–water partition coefficient (Wildman–Crippen LogP) is 2.55. The molecular weight excluding hydrogens is 228 g/mol. The fourth-order valence-corrected chi connectivity index (χ4v) is 2.61. The monoisotopic (exact) mass is 246 g/mol. The maximum Gasteiger partial charge on any atom is 0.194 e. The normalized spacial score (nSPS) is 24.6. The van der Waals surface area contributed by atoms with E-state index in [4.69, 9.17) is 9.47 Å². The second-order valence-corrected chi connectivity index (χ2v) is 5.01. The average Bonchev–Trinajstić information content (AvgIpc) is 2.38. The lowest BCUT2D eigenvalue weighted by atomic mass is 9.77. The summed E-state index contributed by atoms with van der Waals surface area (Å²) < 4.78 is 10.8. The lowest BCUT2D eigenvalue weighted by Crippen LogP contribution is -2.36. The third-order valence-electron chi connectivity index (χ3n) is 3.88. The molecule has 18 heavy (non-hydrogen) atoms. The van der Waals surface area contributed by atoms with Crippen LogP contribution in [0.4, 0.5) is 0 Å². The molecule has 0 amide bonds. The van der Waals surface area contributed by atoms with E-state index in [2.05, 4.69) is 6.07 Å². The van der Waals surface area contributed by atoms with Crippen molar-refractivity contribution in [3.8, 4) is 0 Å². The molecular formula is C15H18O3. The van der Waals surface area contributed by atoms with E-state index >= 15 is 0 Å². The molecule has 1 aromatic carbocycles. The van der Waals surface area contributed by atoms with Gasteiger partial charge in [0.1, 0.15) is 6.10 Å². The van der Waals surface area contributed by atoms with Crippen molar-refractivity contribution in [1.29, 1.82) is 0 Å². The highest BCUT2D eigenvalue weighted by Gasteiger charge is 2.29. The van der Waals surface area contributed by atoms with Crippen LogP contribution in [0.5, 0.6) is 0 Å². The Morgan fingerprint density at radius 3 is 2.67 bits per heavy atom. The highest BCUT2D eigenvalue weighted by molar-refractivity contribution is 6.01. The minimum Gasteiger partial charge on any atom is -0.376 e. The number of Topliss-reactive ketones (excluding diaryl/α,β-unsaturated/α-hetero) is 1. The van der Waals surface area contributed by atoms with Gasteiger partial charge in [0.05, 0.1) is 19.8 Å². The molecule has 2 aliphatic rings. The van der Waals surface area contributed by atoms with Crippen LogP contribution in [0.25, 0.3) is 0 Å². The van der Waals surface area contributed by atoms with Crippen LogP contribution in [-0.2, 0) is 9.47 Å². The smallest absolute Gasteiger partial charge is 0.194 e. The molecule has 1 atom stereocenters. The van der Waals surface area contributed by atoms with E-state index in [1.807, 2.05) is 18.2 Å². The Hall–Kier alpha value is -1.19. The summed E-state index contributed by atoms with van der Waals surface area (Å²) in [6.45, 7) is 1.49. The number of ether oxygens (including phenoxy) is 2. The largest absolute Gasteiger partial charge is 0.376 e. The second-order valence-electron chi connectivity index (χ2n) is 5.01. The van der Waals surface area contributed by atoms with Crippen molar-refractivity contribution < 1.29 is 14.3 Å². The maximum absolute atomic E-state index is 12.5. The zero-order valence-electron chi connectivity index (χ0n) is 10.4. The van der Waals surface area contributed by atoms with Gasteiger partial charge in [-0.3, -0.25) is 4.79 Å². The minimum atomic E-state index is -0.417. The molecule has 0 N–H and O–H groups in total. The summed E-state index contributed by atoms with van der Waals surface area (Å²) in [5.74, 6) is 0.645. The lowest BCUT2D eigenvalue weighted by molar-refractivity contribution is -0.0719. The first-order chi connectivity index (χ1) is 8.86. The molecule has 3 heteroatoms. The molecule has 1 heterocycles. The first kappa shape index (κ1) is 11.9. The molecule has 1 saturated heterocycles. The Balaban J connectivity index is 1.83. The Kier molecular flexibility index (Phi) is 3.43. The Labute approximate surface area is 107 Å². The van der Waals surface area contributed by atoms with Gasteiger partial charge in [-0.1, -0.05) is 30.7 Å². The van der Waals surface area contributed by atoms with Crippen molar-refractivity contribution >= 4 is 5.78 Å². The molecule has 1 aliphatic carbocycles. The average molecular weight is 246 g/mol. The van der Waals surface area contributed by atoms with Gasteiger partial charge in [0.15, 0.2) is 5.78 Å². The standard InChI is InChI=1S/C15H18O3/c16-15(14-10-17-8-9-18-14)13-7-2-1-6-12(13)11-4-3-5-11/h1-2,6-7,11,14H,3-5,8-10H2. The zero-order valence-corrected chi connectivity index (χ0v) is 10.4. The quantitative estimate of drug-likeness (QED) is 0.769. The van der Waals surface area contributed by atoms with Gasteiger partial charge in [-0.05, 0) is 24.3 Å². The van der Waals surface area contributed by atoms with Gasteiger partial charge >= 0.3 is 0 Å². The van der Waals surface area contributed by atoms with Crippen molar-refractivity contribution in [2.45, 2.75) is 31.3 Å². The van der Waals surface area contributed by atoms with Crippen molar-refractivity contribution in [2.24, 2.45) is 0 Å². The van der Waals surface area contributed by atoms with Gasteiger partial charge in [-0.2, -0.15) is 0 Å². The van der Waals surface area contributed by atoms with Crippen molar-refractivity contribution in [1.82, 2.24) is 0 Å². The topological polar surface area (TPSA) is 35.5 Å². The van der Waals surface area contributed by atoms with Crippen molar-refractivity contribution in [3.05, 3.63) is 35.4 Å². The molecule has 2 fully saturated rings. The van der Waals surface area contributed by atoms with E-state index in [1.54, 1.807) is 0 Å². The van der Waals surface area contributed by atoms with Crippen LogP contribution in [0.3, 0.4) is 0 Å². The number of hydrogen-bond donors (Lipinski definition) is 0. The number of carbonyl (C=O) groups is 1. The molecule has 0 radical (unpaired) electrons. The van der Waals surface area contributed by atoms with Gasteiger partial charge in [0.25, 0.3) is 0 Å². The number of ketones is 1. The third kappa shape index (κ3) is 2.20. The summed E-state index contributed by atoms with van der Waals surface area (Å²) in [7, 11) is 0. The van der Waals surface area contributed by atoms with E-state index in [9.17, 15) is 4.79 Å². The molecule has 96 valence electrons. The molecule has 1 aromatic rings. The molecule has 3 rings (SSSR count). The summed E-state index contributed by atoms with van der Waals surface area (Å²) in [5.41, 5.74) is 2.03. The highest BCUT2D eigenvalue weighted by Crippen LogP contribution is 2.38. The van der Waals surface area contributed by atoms with Crippen LogP contribution in [0, 0.1) is 0 Å². The van der Waals surface area contributed by atoms with Crippen LogP contribution >= 0.6 is 0 Å². The minimum absolute atomic E-state index is 0.0807. The van der Waals surface area contributed by atoms with Crippen molar-refractivity contribution in [2.75, 3.05) is 19.8 Å². The van der Waals surface area contributed by atoms with Gasteiger partial charge in [0, 0.05) is 5.56 Å². The van der Waals surface area contributed by atoms with Gasteiger partial charge in [-0.25, -0.2) is 0 Å². The SMILES string of the molecule is O=C(c1ccccc1C1CCC1)C1COCCO1. The van der Waals surface area contributed by atoms with E-state index in [1.165, 1.54) is 24.8 Å². The molecule has 3 nitrogen and oxygen atoms in total. The van der Waals surface area contributed by atoms with Crippen molar-refractivity contribution in [3.63, 3.8) is 0 Å². The van der Waals surface area contributed by atoms with Gasteiger partial charge < -0.3 is 9.47 Å². The van der Waals surface area contributed by atoms with Gasteiger partial charge in [0.2, 0.25) is 0 Å². The van der Waals surface area contributed by atoms with Crippen LogP contribution in [0.1, 0.15) is 41.1 Å². The second kappa shape index (κ2) is 5.21. The van der Waals surface area contributed by atoms with Crippen LogP contribution in [0.2, 0.25) is 0 Å². The highest BCUT2D eigenvalue weighted by atomic mass is 16.6. The summed E-state index contributed by atoms with van der Waals surface area (Å²) in [5, 5.41) is 0. The third-order valence-corrected chi connectivity index (χ3v) is 3.88. The summed E-state index contributed by atoms with van der Waals surface area (Å²) >= 11 is 0. The lowest BCUT2D eigenvalue weighted by Gasteiger charge is -2.29. The summed E-state index contributed by atoms with van der Waals surface area (Å²) in [4.78, 5) is 12.5. The first-order valence-corrected chi connectivity index (χ1v) is 6.69. The Morgan fingerprint density at radius 2 is 2.00 bits per heavy atom. The maximum atomic E-state index is 12.5. The number of rotatable bonds is 3. The van der Waals surface area contributed by atoms with E-state index in [0.717, 1.165) is 5.56 Å². The Morgan fingerprint density at radius 1 is 1.17 bits per heavy atom. The van der Waals surface area contributed by atoms with Gasteiger partial charge in [-0.15, -0.1) is 0 Å². The van der Waals surface area contributed by atoms with Crippen LogP contribution in [0.15, 0.2) is 24.3 Å². The molecule has 0 aromatic heterocycles. The number of carbonyl (C=O) groups excluding carboxylic acids is 1. The van der Waals surface area contributed by atoms with E-state index in [-0.39, 0.29) is 5.78 Å². The molecule has 1 saturated carbocycles. The molecule has 0 spiro atoms. The number of hydrogen-bond acceptors (Lipinski definition) is 3. The zero-order chi connectivity index (χ0) is 12.4. The summed E-state index contributed by atoms with van der Waals surface area (Å²) in [6.07, 6.45) is 3.26. The predicted molar refractivity (Wildman–Crippen MR) is 67.9 cm³/mol. The Bertz CT molecular complexity index is 431. The fourth-order valence-electron chi connectivity index (χ4n) is 2.61. The first-order valence-electron chi connectivity index (χ1n) is 6.69. The number of benzene rings is 1. The molecule has 0 bridgehead atoms. The van der Waals surface area contributed by atoms with Crippen LogP contribution in [-0.4, -0.2) is 31.7 Å². The molecule has 1 aliphatic heterocycles.